The zero-order valence-corrected chi connectivity index (χ0v) is 15.2. The van der Waals surface area contributed by atoms with Gasteiger partial charge in [0.1, 0.15) is 12.2 Å². The van der Waals surface area contributed by atoms with Crippen molar-refractivity contribution in [1.29, 1.82) is 0 Å². The van der Waals surface area contributed by atoms with Crippen molar-refractivity contribution in [3.8, 4) is 11.5 Å². The molecule has 3 rings (SSSR count). The summed E-state index contributed by atoms with van der Waals surface area (Å²) in [6.45, 7) is 1.80. The molecule has 0 radical (unpaired) electrons. The molecule has 0 fully saturated rings. The van der Waals surface area contributed by atoms with Gasteiger partial charge in [-0.3, -0.25) is 19.7 Å². The van der Waals surface area contributed by atoms with E-state index < -0.39 is 11.6 Å². The van der Waals surface area contributed by atoms with Crippen molar-refractivity contribution in [3.05, 3.63) is 34.9 Å². The van der Waals surface area contributed by atoms with Crippen LogP contribution >= 0.6 is 23.1 Å². The predicted octanol–water partition coefficient (Wildman–Crippen LogP) is 1.25. The van der Waals surface area contributed by atoms with Gasteiger partial charge in [0.15, 0.2) is 10.2 Å². The Bertz CT molecular complexity index is 932. The molecule has 1 amide bonds. The number of thioether (sulfide) groups is 1. The highest BCUT2D eigenvalue weighted by molar-refractivity contribution is 8.01. The van der Waals surface area contributed by atoms with Crippen LogP contribution in [0.3, 0.4) is 0 Å². The van der Waals surface area contributed by atoms with E-state index in [-0.39, 0.29) is 6.54 Å². The standard InChI is InChI=1S/C14H15N7O2S2/c1-3-24-13-18-17-12(25-13)16-10(22)8-21-14(23)20(2)11(19-21)9-6-4-5-7-15-9/h4-7H,3,8H2,1-2H3,(H,16,17,22). The molecular formula is C14H15N7O2S2. The summed E-state index contributed by atoms with van der Waals surface area (Å²) in [6, 6.07) is 5.33. The van der Waals surface area contributed by atoms with Crippen molar-refractivity contribution < 1.29 is 4.79 Å². The molecule has 130 valence electrons. The second-order valence-corrected chi connectivity index (χ2v) is 7.38. The minimum atomic E-state index is -0.393. The monoisotopic (exact) mass is 377 g/mol. The number of carbonyl (C=O) groups excluding carboxylic acids is 1. The quantitative estimate of drug-likeness (QED) is 0.509. The molecule has 3 heterocycles. The molecule has 0 saturated carbocycles. The van der Waals surface area contributed by atoms with E-state index in [4.69, 9.17) is 0 Å². The van der Waals surface area contributed by atoms with Gasteiger partial charge in [0.2, 0.25) is 11.0 Å². The number of nitrogens with one attached hydrogen (secondary N) is 1. The van der Waals surface area contributed by atoms with Crippen LogP contribution in [0.2, 0.25) is 0 Å². The lowest BCUT2D eigenvalue weighted by molar-refractivity contribution is -0.117. The lowest BCUT2D eigenvalue weighted by Gasteiger charge is -1.99. The summed E-state index contributed by atoms with van der Waals surface area (Å²) in [4.78, 5) is 28.6. The Labute approximate surface area is 151 Å². The first-order valence-corrected chi connectivity index (χ1v) is 9.20. The second-order valence-electron chi connectivity index (χ2n) is 4.89. The third kappa shape index (κ3) is 3.94. The minimum absolute atomic E-state index is 0.213. The molecule has 0 aromatic carbocycles. The molecule has 1 N–H and O–H groups in total. The Hall–Kier alpha value is -2.53. The van der Waals surface area contributed by atoms with Crippen LogP contribution in [0.5, 0.6) is 0 Å². The van der Waals surface area contributed by atoms with Crippen LogP contribution in [0.25, 0.3) is 11.5 Å². The fraction of sp³-hybridized carbons (Fsp3) is 0.286. The number of hydrogen-bond donors (Lipinski definition) is 1. The van der Waals surface area contributed by atoms with E-state index in [1.807, 2.05) is 6.92 Å². The lowest BCUT2D eigenvalue weighted by atomic mass is 10.3. The number of carbonyl (C=O) groups is 1. The molecule has 3 aromatic rings. The molecule has 0 aliphatic rings. The van der Waals surface area contributed by atoms with Gasteiger partial charge >= 0.3 is 5.69 Å². The zero-order valence-electron chi connectivity index (χ0n) is 13.5. The van der Waals surface area contributed by atoms with Crippen molar-refractivity contribution in [3.63, 3.8) is 0 Å². The summed E-state index contributed by atoms with van der Waals surface area (Å²) in [5.74, 6) is 0.885. The van der Waals surface area contributed by atoms with E-state index >= 15 is 0 Å². The number of hydrogen-bond acceptors (Lipinski definition) is 8. The molecule has 0 atom stereocenters. The highest BCUT2D eigenvalue weighted by Gasteiger charge is 2.16. The second kappa shape index (κ2) is 7.57. The normalized spacial score (nSPS) is 10.8. The van der Waals surface area contributed by atoms with Crippen molar-refractivity contribution in [1.82, 2.24) is 29.5 Å². The van der Waals surface area contributed by atoms with E-state index in [0.717, 1.165) is 14.8 Å². The van der Waals surface area contributed by atoms with Gasteiger partial charge in [0.25, 0.3) is 0 Å². The first-order valence-electron chi connectivity index (χ1n) is 7.40. The van der Waals surface area contributed by atoms with E-state index in [2.05, 4.69) is 25.6 Å². The maximum Gasteiger partial charge on any atom is 0.346 e. The van der Waals surface area contributed by atoms with Crippen LogP contribution in [0.4, 0.5) is 5.13 Å². The summed E-state index contributed by atoms with van der Waals surface area (Å²) in [6.07, 6.45) is 1.62. The largest absolute Gasteiger partial charge is 0.346 e. The number of amides is 1. The van der Waals surface area contributed by atoms with Crippen LogP contribution in [0.15, 0.2) is 33.5 Å². The molecule has 0 saturated heterocycles. The SMILES string of the molecule is CCSc1nnc(NC(=O)Cn2nc(-c3ccccn3)n(C)c2=O)s1. The summed E-state index contributed by atoms with van der Waals surface area (Å²) >= 11 is 2.84. The molecule has 11 heteroatoms. The average Bonchev–Trinajstić information content (AvgIpc) is 3.15. The zero-order chi connectivity index (χ0) is 17.8. The Morgan fingerprint density at radius 3 is 2.92 bits per heavy atom. The third-order valence-corrected chi connectivity index (χ3v) is 5.00. The maximum absolute atomic E-state index is 12.3. The number of aromatic nitrogens is 6. The molecular weight excluding hydrogens is 362 g/mol. The first-order chi connectivity index (χ1) is 12.1. The predicted molar refractivity (Wildman–Crippen MR) is 95.6 cm³/mol. The van der Waals surface area contributed by atoms with E-state index in [1.165, 1.54) is 15.9 Å². The Morgan fingerprint density at radius 1 is 1.36 bits per heavy atom. The van der Waals surface area contributed by atoms with Gasteiger partial charge in [-0.1, -0.05) is 36.1 Å². The van der Waals surface area contributed by atoms with Crippen molar-refractivity contribution in [2.45, 2.75) is 17.8 Å². The van der Waals surface area contributed by atoms with Crippen molar-refractivity contribution in [2.24, 2.45) is 7.05 Å². The molecule has 3 aromatic heterocycles. The number of nitrogens with zero attached hydrogens (tertiary/aromatic N) is 6. The van der Waals surface area contributed by atoms with Gasteiger partial charge in [0, 0.05) is 13.2 Å². The number of pyridine rings is 1. The fourth-order valence-electron chi connectivity index (χ4n) is 2.05. The lowest BCUT2D eigenvalue weighted by Crippen LogP contribution is -2.29. The van der Waals surface area contributed by atoms with E-state index in [9.17, 15) is 9.59 Å². The van der Waals surface area contributed by atoms with E-state index in [1.54, 1.807) is 43.2 Å². The minimum Gasteiger partial charge on any atom is -0.299 e. The topological polar surface area (TPSA) is 108 Å². The van der Waals surface area contributed by atoms with Crippen LogP contribution < -0.4 is 11.0 Å². The molecule has 0 aliphatic carbocycles. The number of anilines is 1. The Balaban J connectivity index is 1.74. The highest BCUT2D eigenvalue weighted by Crippen LogP contribution is 2.24. The summed E-state index contributed by atoms with van der Waals surface area (Å²) < 4.78 is 3.24. The molecule has 0 bridgehead atoms. The third-order valence-electron chi connectivity index (χ3n) is 3.15. The van der Waals surface area contributed by atoms with Crippen LogP contribution in [-0.2, 0) is 18.4 Å². The molecule has 0 aliphatic heterocycles. The molecule has 0 unspecified atom stereocenters. The van der Waals surface area contributed by atoms with Crippen LogP contribution in [-0.4, -0.2) is 41.2 Å². The van der Waals surface area contributed by atoms with Crippen LogP contribution in [0, 0.1) is 0 Å². The summed E-state index contributed by atoms with van der Waals surface area (Å²) in [7, 11) is 1.59. The summed E-state index contributed by atoms with van der Waals surface area (Å²) in [5, 5.41) is 15.1. The van der Waals surface area contributed by atoms with Crippen molar-refractivity contribution >= 4 is 34.1 Å². The van der Waals surface area contributed by atoms with Gasteiger partial charge in [-0.05, 0) is 17.9 Å². The maximum atomic E-state index is 12.3. The highest BCUT2D eigenvalue weighted by atomic mass is 32.2. The smallest absolute Gasteiger partial charge is 0.299 e. The van der Waals surface area contributed by atoms with Gasteiger partial charge in [-0.15, -0.1) is 15.3 Å². The van der Waals surface area contributed by atoms with Gasteiger partial charge < -0.3 is 0 Å². The van der Waals surface area contributed by atoms with Crippen molar-refractivity contribution in [2.75, 3.05) is 11.1 Å². The van der Waals surface area contributed by atoms with Gasteiger partial charge in [-0.25, -0.2) is 9.48 Å². The van der Waals surface area contributed by atoms with Gasteiger partial charge in [0.05, 0.1) is 0 Å². The summed E-state index contributed by atoms with van der Waals surface area (Å²) in [5.41, 5.74) is 0.168. The molecule has 25 heavy (non-hydrogen) atoms. The number of rotatable bonds is 6. The molecule has 9 nitrogen and oxygen atoms in total. The average molecular weight is 377 g/mol. The van der Waals surface area contributed by atoms with Gasteiger partial charge in [-0.2, -0.15) is 0 Å². The fourth-order valence-corrected chi connectivity index (χ4v) is 3.71. The van der Waals surface area contributed by atoms with E-state index in [0.29, 0.717) is 16.6 Å². The van der Waals surface area contributed by atoms with Crippen LogP contribution in [0.1, 0.15) is 6.92 Å². The first kappa shape index (κ1) is 17.3. The Kier molecular flexibility index (Phi) is 5.24. The molecule has 0 spiro atoms. The Morgan fingerprint density at radius 2 is 2.20 bits per heavy atom.